The Morgan fingerprint density at radius 1 is 1.10 bits per heavy atom. The highest BCUT2D eigenvalue weighted by atomic mass is 32.1. The number of carbonyl (C=O) groups excluding carboxylic acids is 4. The van der Waals surface area contributed by atoms with Crippen LogP contribution in [-0.2, 0) is 23.9 Å². The quantitative estimate of drug-likeness (QED) is 0.623. The molecular weight excluding hydrogens is 394 g/mol. The third-order valence-electron chi connectivity index (χ3n) is 3.88. The van der Waals surface area contributed by atoms with E-state index < -0.39 is 23.9 Å². The minimum atomic E-state index is -1.08. The normalized spacial score (nSPS) is 11.4. The summed E-state index contributed by atoms with van der Waals surface area (Å²) in [6, 6.07) is 11.1. The predicted octanol–water partition coefficient (Wildman–Crippen LogP) is 3.83. The van der Waals surface area contributed by atoms with E-state index in [9.17, 15) is 19.2 Å². The van der Waals surface area contributed by atoms with Crippen LogP contribution < -0.4 is 5.32 Å². The van der Waals surface area contributed by atoms with Gasteiger partial charge in [-0.1, -0.05) is 30.3 Å². The fourth-order valence-corrected chi connectivity index (χ4v) is 3.44. The highest BCUT2D eigenvalue weighted by molar-refractivity contribution is 7.20. The van der Waals surface area contributed by atoms with Gasteiger partial charge in [0.05, 0.1) is 18.6 Å². The van der Waals surface area contributed by atoms with E-state index in [1.54, 1.807) is 13.0 Å². The molecule has 0 bridgehead atoms. The van der Waals surface area contributed by atoms with Crippen molar-refractivity contribution < 1.29 is 28.7 Å². The van der Waals surface area contributed by atoms with Gasteiger partial charge < -0.3 is 19.6 Å². The van der Waals surface area contributed by atoms with Gasteiger partial charge in [-0.05, 0) is 32.4 Å². The molecule has 2 aromatic rings. The smallest absolute Gasteiger partial charge is 0.341 e. The summed E-state index contributed by atoms with van der Waals surface area (Å²) >= 11 is 1.23. The summed E-state index contributed by atoms with van der Waals surface area (Å²) < 4.78 is 10.1. The van der Waals surface area contributed by atoms with Crippen molar-refractivity contribution in [3.63, 3.8) is 0 Å². The van der Waals surface area contributed by atoms with Crippen molar-refractivity contribution in [3.8, 4) is 10.4 Å². The molecule has 1 N–H and O–H groups in total. The third-order valence-corrected chi connectivity index (χ3v) is 4.98. The molecule has 0 aliphatic carbocycles. The summed E-state index contributed by atoms with van der Waals surface area (Å²) in [5.74, 6) is -1.89. The summed E-state index contributed by atoms with van der Waals surface area (Å²) in [6.07, 6.45) is -1.10. The number of ketones is 1. The van der Waals surface area contributed by atoms with Gasteiger partial charge in [-0.3, -0.25) is 9.59 Å². The van der Waals surface area contributed by atoms with Crippen LogP contribution in [0, 0.1) is 0 Å². The summed E-state index contributed by atoms with van der Waals surface area (Å²) in [6.45, 7) is 4.70. The molecule has 0 aliphatic heterocycles. The Kier molecular flexibility index (Phi) is 8.09. The van der Waals surface area contributed by atoms with E-state index >= 15 is 0 Å². The Morgan fingerprint density at radius 2 is 1.79 bits per heavy atom. The largest absolute Gasteiger partial charge is 0.462 e. The number of thiophene rings is 1. The average molecular weight is 417 g/mol. The lowest BCUT2D eigenvalue weighted by Crippen LogP contribution is -2.30. The van der Waals surface area contributed by atoms with E-state index in [2.05, 4.69) is 5.32 Å². The first-order valence-electron chi connectivity index (χ1n) is 9.18. The summed E-state index contributed by atoms with van der Waals surface area (Å²) in [4.78, 5) is 48.2. The molecule has 154 valence electrons. The van der Waals surface area contributed by atoms with Crippen LogP contribution in [0.4, 0.5) is 5.00 Å². The summed E-state index contributed by atoms with van der Waals surface area (Å²) in [7, 11) is 0. The number of carbonyl (C=O) groups is 4. The molecule has 1 amide bonds. The number of ether oxygens (including phenoxy) is 2. The first-order chi connectivity index (χ1) is 13.8. The van der Waals surface area contributed by atoms with E-state index in [1.807, 2.05) is 30.3 Å². The van der Waals surface area contributed by atoms with Crippen LogP contribution in [-0.4, -0.2) is 36.3 Å². The van der Waals surface area contributed by atoms with E-state index in [-0.39, 0.29) is 30.8 Å². The first-order valence-corrected chi connectivity index (χ1v) is 9.99. The fourth-order valence-electron chi connectivity index (χ4n) is 2.39. The molecule has 8 heteroatoms. The highest BCUT2D eigenvalue weighted by Gasteiger charge is 2.23. The third kappa shape index (κ3) is 6.53. The summed E-state index contributed by atoms with van der Waals surface area (Å²) in [5, 5.41) is 2.96. The Morgan fingerprint density at radius 3 is 2.41 bits per heavy atom. The van der Waals surface area contributed by atoms with Crippen LogP contribution in [0.2, 0.25) is 0 Å². The number of rotatable bonds is 9. The number of amides is 1. The number of hydrogen-bond acceptors (Lipinski definition) is 7. The lowest BCUT2D eigenvalue weighted by molar-refractivity contribution is -0.153. The van der Waals surface area contributed by atoms with Crippen molar-refractivity contribution in [2.45, 2.75) is 39.7 Å². The molecular formula is C21H23NO6S. The second kappa shape index (κ2) is 10.5. The van der Waals surface area contributed by atoms with E-state index in [0.717, 1.165) is 10.4 Å². The second-order valence-corrected chi connectivity index (χ2v) is 7.32. The molecule has 2 rings (SSSR count). The molecule has 0 unspecified atom stereocenters. The Hall–Kier alpha value is -3.00. The van der Waals surface area contributed by atoms with Crippen molar-refractivity contribution in [2.75, 3.05) is 11.9 Å². The maximum Gasteiger partial charge on any atom is 0.341 e. The van der Waals surface area contributed by atoms with Gasteiger partial charge >= 0.3 is 11.9 Å². The number of hydrogen-bond donors (Lipinski definition) is 1. The maximum atomic E-state index is 12.5. The standard InChI is InChI=1S/C21H23NO6S/c1-4-27-21(26)16-12-17(15-8-6-5-7-9-15)29-20(16)22-19(25)14(3)28-18(24)11-10-13(2)23/h5-9,12,14H,4,10-11H2,1-3H3,(H,22,25)/t14-/m1/s1. The minimum absolute atomic E-state index is 0.0611. The molecule has 7 nitrogen and oxygen atoms in total. The van der Waals surface area contributed by atoms with Gasteiger partial charge in [0.15, 0.2) is 6.10 Å². The van der Waals surface area contributed by atoms with Crippen molar-refractivity contribution in [3.05, 3.63) is 42.0 Å². The van der Waals surface area contributed by atoms with Crippen molar-refractivity contribution in [1.82, 2.24) is 0 Å². The van der Waals surface area contributed by atoms with Crippen molar-refractivity contribution in [1.29, 1.82) is 0 Å². The van der Waals surface area contributed by atoms with Gasteiger partial charge in [0.2, 0.25) is 0 Å². The number of benzene rings is 1. The van der Waals surface area contributed by atoms with Crippen LogP contribution in [0.25, 0.3) is 10.4 Å². The lowest BCUT2D eigenvalue weighted by Gasteiger charge is -2.13. The predicted molar refractivity (Wildman–Crippen MR) is 110 cm³/mol. The van der Waals surface area contributed by atoms with Crippen LogP contribution >= 0.6 is 11.3 Å². The lowest BCUT2D eigenvalue weighted by atomic mass is 10.1. The number of anilines is 1. The molecule has 0 fully saturated rings. The number of Topliss-reactive ketones (excluding diaryl/α,β-unsaturated/α-hetero) is 1. The Labute approximate surface area is 173 Å². The first kappa shape index (κ1) is 22.3. The molecule has 1 heterocycles. The van der Waals surface area contributed by atoms with Gasteiger partial charge in [-0.25, -0.2) is 4.79 Å². The molecule has 0 spiro atoms. The molecule has 29 heavy (non-hydrogen) atoms. The zero-order valence-corrected chi connectivity index (χ0v) is 17.3. The van der Waals surface area contributed by atoms with Gasteiger partial charge in [0, 0.05) is 11.3 Å². The Bertz CT molecular complexity index is 890. The molecule has 1 aromatic carbocycles. The van der Waals surface area contributed by atoms with Crippen molar-refractivity contribution in [2.24, 2.45) is 0 Å². The molecule has 1 atom stereocenters. The number of esters is 2. The molecule has 0 radical (unpaired) electrons. The second-order valence-electron chi connectivity index (χ2n) is 6.26. The van der Waals surface area contributed by atoms with E-state index in [4.69, 9.17) is 9.47 Å². The van der Waals surface area contributed by atoms with Gasteiger partial charge in [0.1, 0.15) is 10.8 Å². The van der Waals surface area contributed by atoms with Gasteiger partial charge in [0.25, 0.3) is 5.91 Å². The Balaban J connectivity index is 2.16. The van der Waals surface area contributed by atoms with Gasteiger partial charge in [-0.15, -0.1) is 11.3 Å². The van der Waals surface area contributed by atoms with Crippen LogP contribution in [0.5, 0.6) is 0 Å². The molecule has 1 aromatic heterocycles. The molecule has 0 saturated carbocycles. The van der Waals surface area contributed by atoms with E-state index in [0.29, 0.717) is 5.00 Å². The topological polar surface area (TPSA) is 98.8 Å². The van der Waals surface area contributed by atoms with E-state index in [1.165, 1.54) is 25.2 Å². The van der Waals surface area contributed by atoms with Crippen molar-refractivity contribution >= 4 is 40.0 Å². The maximum absolute atomic E-state index is 12.5. The molecule has 0 aliphatic rings. The van der Waals surface area contributed by atoms with Crippen LogP contribution in [0.3, 0.4) is 0 Å². The van der Waals surface area contributed by atoms with Crippen LogP contribution in [0.15, 0.2) is 36.4 Å². The van der Waals surface area contributed by atoms with Gasteiger partial charge in [-0.2, -0.15) is 0 Å². The van der Waals surface area contributed by atoms with Crippen LogP contribution in [0.1, 0.15) is 44.0 Å². The minimum Gasteiger partial charge on any atom is -0.462 e. The zero-order valence-electron chi connectivity index (χ0n) is 16.5. The highest BCUT2D eigenvalue weighted by Crippen LogP contribution is 2.36. The number of nitrogens with one attached hydrogen (secondary N) is 1. The SMILES string of the molecule is CCOC(=O)c1cc(-c2ccccc2)sc1NC(=O)[C@@H](C)OC(=O)CCC(C)=O. The monoisotopic (exact) mass is 417 g/mol. The fraction of sp³-hybridized carbons (Fsp3) is 0.333. The zero-order chi connectivity index (χ0) is 21.4. The summed E-state index contributed by atoms with van der Waals surface area (Å²) in [5.41, 5.74) is 1.13. The average Bonchev–Trinajstić information content (AvgIpc) is 3.11. The molecule has 0 saturated heterocycles.